The zero-order chi connectivity index (χ0) is 5.98. The molecule has 0 saturated carbocycles. The van der Waals surface area contributed by atoms with Crippen LogP contribution in [-0.2, 0) is 16.0 Å². The van der Waals surface area contributed by atoms with Gasteiger partial charge in [-0.3, -0.25) is 0 Å². The number of aryl methyl sites for hydroxylation is 1. The molecule has 0 nitrogen and oxygen atoms in total. The zero-order valence-electron chi connectivity index (χ0n) is 4.61. The third kappa shape index (κ3) is 1.36. The molecule has 1 aromatic rings. The Labute approximate surface area is 57.7 Å². The molecule has 0 N–H and O–H groups in total. The summed E-state index contributed by atoms with van der Waals surface area (Å²) in [4.78, 5) is 0. The summed E-state index contributed by atoms with van der Waals surface area (Å²) < 4.78 is 0.900. The van der Waals surface area contributed by atoms with Gasteiger partial charge in [0.15, 0.2) is 0 Å². The summed E-state index contributed by atoms with van der Waals surface area (Å²) >= 11 is 5.04. The SMILES string of the molecule is Cc1ccc[c]([Cu])c1. The molecule has 0 heterocycles. The van der Waals surface area contributed by atoms with Gasteiger partial charge in [-0.2, -0.15) is 0 Å². The van der Waals surface area contributed by atoms with Crippen LogP contribution in [0.2, 0.25) is 0 Å². The van der Waals surface area contributed by atoms with Crippen LogP contribution >= 0.6 is 0 Å². The van der Waals surface area contributed by atoms with Crippen molar-refractivity contribution < 1.29 is 16.0 Å². The average Bonchev–Trinajstić information content (AvgIpc) is 1.64. The molecule has 0 unspecified atom stereocenters. The van der Waals surface area contributed by atoms with Gasteiger partial charge in [-0.25, -0.2) is 0 Å². The molecule has 0 aliphatic carbocycles. The average molecular weight is 155 g/mol. The first kappa shape index (κ1) is 5.87. The van der Waals surface area contributed by atoms with Gasteiger partial charge >= 0.3 is 57.2 Å². The molecular formula is C7H7Cu. The Morgan fingerprint density at radius 1 is 1.38 bits per heavy atom. The number of benzene rings is 1. The fourth-order valence-electron chi connectivity index (χ4n) is 0.581. The second kappa shape index (κ2) is 2.34. The van der Waals surface area contributed by atoms with E-state index in [0.29, 0.717) is 0 Å². The molecule has 0 amide bonds. The standard InChI is InChI=1S/C7H7.Cu/c1-7-5-3-2-4-6-7;/h2-3,5-6H,1H3;. The molecule has 0 aliphatic rings. The molecule has 0 spiro atoms. The van der Waals surface area contributed by atoms with Crippen LogP contribution in [0.3, 0.4) is 0 Å². The van der Waals surface area contributed by atoms with Crippen LogP contribution in [0.5, 0.6) is 0 Å². The van der Waals surface area contributed by atoms with Crippen molar-refractivity contribution in [3.63, 3.8) is 0 Å². The van der Waals surface area contributed by atoms with Crippen LogP contribution in [0.1, 0.15) is 5.56 Å². The molecule has 0 radical (unpaired) electrons. The molecule has 0 aromatic heterocycles. The number of hydrogen-bond acceptors (Lipinski definition) is 0. The van der Waals surface area contributed by atoms with Crippen molar-refractivity contribution in [3.8, 4) is 0 Å². The predicted octanol–water partition coefficient (Wildman–Crippen LogP) is 1.17. The molecule has 1 rings (SSSR count). The summed E-state index contributed by atoms with van der Waals surface area (Å²) in [7, 11) is 0. The van der Waals surface area contributed by atoms with E-state index >= 15 is 0 Å². The van der Waals surface area contributed by atoms with Gasteiger partial charge in [-0.15, -0.1) is 0 Å². The monoisotopic (exact) mass is 154 g/mol. The molecule has 0 bridgehead atoms. The first-order chi connectivity index (χ1) is 3.79. The van der Waals surface area contributed by atoms with Gasteiger partial charge < -0.3 is 0 Å². The van der Waals surface area contributed by atoms with Crippen molar-refractivity contribution in [1.29, 1.82) is 0 Å². The zero-order valence-corrected chi connectivity index (χ0v) is 5.55. The van der Waals surface area contributed by atoms with E-state index in [0.717, 1.165) is 4.46 Å². The topological polar surface area (TPSA) is 0 Å². The fourth-order valence-corrected chi connectivity index (χ4v) is 0.886. The Morgan fingerprint density at radius 2 is 2.12 bits per heavy atom. The second-order valence-corrected chi connectivity index (χ2v) is 2.30. The van der Waals surface area contributed by atoms with E-state index in [1.807, 2.05) is 31.2 Å². The van der Waals surface area contributed by atoms with Crippen molar-refractivity contribution >= 4 is 4.46 Å². The molecular weight excluding hydrogens is 148 g/mol. The molecule has 0 aliphatic heterocycles. The van der Waals surface area contributed by atoms with Gasteiger partial charge in [0.05, 0.1) is 0 Å². The van der Waals surface area contributed by atoms with Gasteiger partial charge in [0, 0.05) is 0 Å². The molecule has 46 valence electrons. The fraction of sp³-hybridized carbons (Fsp3) is 0.143. The Kier molecular flexibility index (Phi) is 1.72. The van der Waals surface area contributed by atoms with Gasteiger partial charge in [-0.05, 0) is 0 Å². The third-order valence-corrected chi connectivity index (χ3v) is 1.25. The summed E-state index contributed by atoms with van der Waals surface area (Å²) in [6.45, 7) is 2.03. The van der Waals surface area contributed by atoms with Crippen LogP contribution in [0.15, 0.2) is 24.3 Å². The van der Waals surface area contributed by atoms with E-state index in [-0.39, 0.29) is 0 Å². The summed E-state index contributed by atoms with van der Waals surface area (Å²) in [6, 6.07) is 7.88. The van der Waals surface area contributed by atoms with E-state index in [1.165, 1.54) is 5.56 Å². The van der Waals surface area contributed by atoms with E-state index in [2.05, 4.69) is 0 Å². The van der Waals surface area contributed by atoms with Crippen molar-refractivity contribution in [1.82, 2.24) is 0 Å². The van der Waals surface area contributed by atoms with E-state index < -0.39 is 0 Å². The van der Waals surface area contributed by atoms with Crippen LogP contribution in [0.4, 0.5) is 0 Å². The molecule has 8 heavy (non-hydrogen) atoms. The Hall–Kier alpha value is -0.261. The summed E-state index contributed by atoms with van der Waals surface area (Å²) in [5.74, 6) is 0. The Bertz CT molecular complexity index is 164. The van der Waals surface area contributed by atoms with Crippen molar-refractivity contribution in [2.75, 3.05) is 0 Å². The maximum atomic E-state index is 5.04. The van der Waals surface area contributed by atoms with Crippen LogP contribution in [0.25, 0.3) is 0 Å². The van der Waals surface area contributed by atoms with Crippen molar-refractivity contribution in [3.05, 3.63) is 29.8 Å². The van der Waals surface area contributed by atoms with Crippen LogP contribution < -0.4 is 4.46 Å². The van der Waals surface area contributed by atoms with Gasteiger partial charge in [-0.1, -0.05) is 0 Å². The molecule has 0 atom stereocenters. The van der Waals surface area contributed by atoms with E-state index in [1.54, 1.807) is 0 Å². The van der Waals surface area contributed by atoms with Gasteiger partial charge in [0.2, 0.25) is 0 Å². The summed E-state index contributed by atoms with van der Waals surface area (Å²) in [6.07, 6.45) is 0. The van der Waals surface area contributed by atoms with Crippen molar-refractivity contribution in [2.24, 2.45) is 0 Å². The number of hydrogen-bond donors (Lipinski definition) is 0. The van der Waals surface area contributed by atoms with Crippen LogP contribution in [0, 0.1) is 6.92 Å². The first-order valence-corrected chi connectivity index (χ1v) is 2.94. The normalized spacial score (nSPS) is 9.38. The third-order valence-electron chi connectivity index (χ3n) is 0.956. The van der Waals surface area contributed by atoms with Crippen molar-refractivity contribution in [2.45, 2.75) is 6.92 Å². The Morgan fingerprint density at radius 3 is 2.50 bits per heavy atom. The minimum absolute atomic E-state index is 0.900. The van der Waals surface area contributed by atoms with Crippen LogP contribution in [-0.4, -0.2) is 0 Å². The molecule has 1 heteroatoms. The maximum absolute atomic E-state index is 5.04. The van der Waals surface area contributed by atoms with E-state index in [4.69, 9.17) is 16.0 Å². The predicted molar refractivity (Wildman–Crippen MR) is 30.8 cm³/mol. The van der Waals surface area contributed by atoms with Gasteiger partial charge in [0.1, 0.15) is 0 Å². The summed E-state index contributed by atoms with van der Waals surface area (Å²) in [5.41, 5.74) is 1.23. The first-order valence-electron chi connectivity index (χ1n) is 2.47. The molecule has 1 aromatic carbocycles. The number of rotatable bonds is 0. The summed E-state index contributed by atoms with van der Waals surface area (Å²) in [5, 5.41) is 0. The molecule has 0 fully saturated rings. The minimum atomic E-state index is 0.900. The van der Waals surface area contributed by atoms with Gasteiger partial charge in [0.25, 0.3) is 0 Å². The quantitative estimate of drug-likeness (QED) is 0.493. The second-order valence-electron chi connectivity index (χ2n) is 1.75. The Balaban J connectivity index is 3.08. The van der Waals surface area contributed by atoms with E-state index in [9.17, 15) is 0 Å². The molecule has 0 saturated heterocycles.